The molecule has 0 saturated carbocycles. The van der Waals surface area contributed by atoms with E-state index in [1.165, 1.54) is 12.5 Å². The van der Waals surface area contributed by atoms with E-state index >= 15 is 0 Å². The van der Waals surface area contributed by atoms with Gasteiger partial charge in [-0.3, -0.25) is 4.79 Å². The van der Waals surface area contributed by atoms with Crippen molar-refractivity contribution in [2.75, 3.05) is 0 Å². The topological polar surface area (TPSA) is 30.2 Å². The molecule has 2 nitrogen and oxygen atoms in total. The fourth-order valence-electron chi connectivity index (χ4n) is 1.49. The Bertz CT molecular complexity index is 501. The third kappa shape index (κ3) is 2.34. The van der Waals surface area contributed by atoms with Crippen LogP contribution in [0.5, 0.6) is 0 Å². The summed E-state index contributed by atoms with van der Waals surface area (Å²) < 4.78 is 4.87. The van der Waals surface area contributed by atoms with Gasteiger partial charge in [-0.2, -0.15) is 0 Å². The van der Waals surface area contributed by atoms with Gasteiger partial charge in [0.05, 0.1) is 11.8 Å². The highest BCUT2D eigenvalue weighted by Gasteiger charge is 2.10. The minimum Gasteiger partial charge on any atom is -0.472 e. The summed E-state index contributed by atoms with van der Waals surface area (Å²) in [5, 5.41) is 0.636. The van der Waals surface area contributed by atoms with Crippen molar-refractivity contribution in [2.45, 2.75) is 13.3 Å². The van der Waals surface area contributed by atoms with Gasteiger partial charge >= 0.3 is 0 Å². The fraction of sp³-hybridized carbons (Fsp3) is 0.154. The summed E-state index contributed by atoms with van der Waals surface area (Å²) in [7, 11) is 0. The number of hydrogen-bond donors (Lipinski definition) is 0. The summed E-state index contributed by atoms with van der Waals surface area (Å²) in [6, 6.07) is 7.35. The molecule has 1 aromatic heterocycles. The van der Waals surface area contributed by atoms with Crippen LogP contribution in [0.25, 0.3) is 0 Å². The molecule has 0 radical (unpaired) electrons. The molecule has 0 aliphatic rings. The average molecular weight is 235 g/mol. The number of carbonyl (C=O) groups is 1. The monoisotopic (exact) mass is 234 g/mol. The molecule has 0 unspecified atom stereocenters. The molecule has 82 valence electrons. The molecule has 2 aromatic rings. The van der Waals surface area contributed by atoms with Gasteiger partial charge in [-0.25, -0.2) is 0 Å². The molecule has 2 rings (SSSR count). The van der Waals surface area contributed by atoms with Crippen LogP contribution in [0.4, 0.5) is 0 Å². The first-order chi connectivity index (χ1) is 7.66. The first kappa shape index (κ1) is 11.0. The van der Waals surface area contributed by atoms with Crippen LogP contribution in [0.15, 0.2) is 41.2 Å². The molecule has 0 N–H and O–H groups in total. The van der Waals surface area contributed by atoms with Gasteiger partial charge in [0.2, 0.25) is 0 Å². The first-order valence-corrected chi connectivity index (χ1v) is 5.35. The molecule has 0 saturated heterocycles. The lowest BCUT2D eigenvalue weighted by Gasteiger charge is -2.03. The Labute approximate surface area is 98.8 Å². The zero-order valence-corrected chi connectivity index (χ0v) is 9.62. The molecule has 0 atom stereocenters. The Morgan fingerprint density at radius 2 is 2.19 bits per heavy atom. The van der Waals surface area contributed by atoms with Crippen LogP contribution in [-0.4, -0.2) is 5.78 Å². The molecule has 1 aromatic carbocycles. The minimum atomic E-state index is 0.0134. The van der Waals surface area contributed by atoms with Crippen LogP contribution in [0.1, 0.15) is 21.5 Å². The number of aryl methyl sites for hydroxylation is 1. The van der Waals surface area contributed by atoms with Crippen LogP contribution in [0.3, 0.4) is 0 Å². The zero-order valence-electron chi connectivity index (χ0n) is 8.87. The van der Waals surface area contributed by atoms with E-state index in [0.717, 1.165) is 11.1 Å². The van der Waals surface area contributed by atoms with Crippen LogP contribution in [0.2, 0.25) is 5.02 Å². The number of furan rings is 1. The van der Waals surface area contributed by atoms with E-state index in [4.69, 9.17) is 16.0 Å². The van der Waals surface area contributed by atoms with Crippen LogP contribution in [0, 0.1) is 6.92 Å². The third-order valence-electron chi connectivity index (χ3n) is 2.40. The van der Waals surface area contributed by atoms with Crippen molar-refractivity contribution in [1.82, 2.24) is 0 Å². The molecule has 0 fully saturated rings. The molecule has 0 spiro atoms. The van der Waals surface area contributed by atoms with Crippen molar-refractivity contribution in [3.63, 3.8) is 0 Å². The Balaban J connectivity index is 2.18. The number of ketones is 1. The Morgan fingerprint density at radius 3 is 2.81 bits per heavy atom. The molecule has 0 aliphatic heterocycles. The van der Waals surface area contributed by atoms with E-state index in [9.17, 15) is 4.79 Å². The molecule has 0 amide bonds. The smallest absolute Gasteiger partial charge is 0.170 e. The highest BCUT2D eigenvalue weighted by atomic mass is 35.5. The second kappa shape index (κ2) is 4.54. The second-order valence-corrected chi connectivity index (χ2v) is 4.11. The van der Waals surface area contributed by atoms with Gasteiger partial charge in [-0.1, -0.05) is 23.7 Å². The number of benzene rings is 1. The Morgan fingerprint density at radius 1 is 1.38 bits per heavy atom. The number of carbonyl (C=O) groups excluding carboxylic acids is 1. The van der Waals surface area contributed by atoms with Gasteiger partial charge in [0.1, 0.15) is 6.26 Å². The fourth-order valence-corrected chi connectivity index (χ4v) is 1.80. The highest BCUT2D eigenvalue weighted by Crippen LogP contribution is 2.19. The van der Waals surface area contributed by atoms with Crippen molar-refractivity contribution in [3.8, 4) is 0 Å². The van der Waals surface area contributed by atoms with E-state index in [1.807, 2.05) is 25.1 Å². The lowest BCUT2D eigenvalue weighted by atomic mass is 10.0. The van der Waals surface area contributed by atoms with E-state index in [0.29, 0.717) is 17.0 Å². The first-order valence-electron chi connectivity index (χ1n) is 4.97. The molecular formula is C13H11ClO2. The molecule has 0 bridgehead atoms. The summed E-state index contributed by atoms with van der Waals surface area (Å²) in [6.07, 6.45) is 3.24. The van der Waals surface area contributed by atoms with Crippen molar-refractivity contribution in [3.05, 3.63) is 58.5 Å². The lowest BCUT2D eigenvalue weighted by Crippen LogP contribution is -2.02. The number of hydrogen-bond acceptors (Lipinski definition) is 2. The van der Waals surface area contributed by atoms with E-state index in [-0.39, 0.29) is 5.78 Å². The van der Waals surface area contributed by atoms with Gasteiger partial charge in [-0.05, 0) is 30.2 Å². The van der Waals surface area contributed by atoms with Crippen LogP contribution < -0.4 is 0 Å². The quantitative estimate of drug-likeness (QED) is 0.759. The second-order valence-electron chi connectivity index (χ2n) is 3.71. The van der Waals surface area contributed by atoms with Gasteiger partial charge in [0.25, 0.3) is 0 Å². The summed E-state index contributed by atoms with van der Waals surface area (Å²) in [5.74, 6) is 0.0134. The third-order valence-corrected chi connectivity index (χ3v) is 2.75. The highest BCUT2D eigenvalue weighted by molar-refractivity contribution is 6.31. The lowest BCUT2D eigenvalue weighted by molar-refractivity contribution is 0.0992. The Hall–Kier alpha value is -1.54. The normalized spacial score (nSPS) is 10.4. The molecule has 16 heavy (non-hydrogen) atoms. The SMILES string of the molecule is Cc1ccc(CC(=O)c2ccoc2)c(Cl)c1. The summed E-state index contributed by atoms with van der Waals surface area (Å²) in [6.45, 7) is 1.97. The average Bonchev–Trinajstić information content (AvgIpc) is 2.75. The van der Waals surface area contributed by atoms with Gasteiger partial charge < -0.3 is 4.42 Å². The maximum atomic E-state index is 11.8. The van der Waals surface area contributed by atoms with Crippen molar-refractivity contribution in [1.29, 1.82) is 0 Å². The number of rotatable bonds is 3. The van der Waals surface area contributed by atoms with Crippen molar-refractivity contribution < 1.29 is 9.21 Å². The van der Waals surface area contributed by atoms with Crippen LogP contribution in [-0.2, 0) is 6.42 Å². The summed E-state index contributed by atoms with van der Waals surface area (Å²) in [5.41, 5.74) is 2.51. The van der Waals surface area contributed by atoms with Gasteiger partial charge in [0, 0.05) is 11.4 Å². The number of Topliss-reactive ketones (excluding diaryl/α,β-unsaturated/α-hetero) is 1. The molecule has 1 heterocycles. The number of halogens is 1. The van der Waals surface area contributed by atoms with E-state index in [1.54, 1.807) is 6.07 Å². The maximum absolute atomic E-state index is 11.8. The summed E-state index contributed by atoms with van der Waals surface area (Å²) in [4.78, 5) is 11.8. The molecule has 0 aliphatic carbocycles. The largest absolute Gasteiger partial charge is 0.472 e. The van der Waals surface area contributed by atoms with E-state index in [2.05, 4.69) is 0 Å². The van der Waals surface area contributed by atoms with Gasteiger partial charge in [-0.15, -0.1) is 0 Å². The maximum Gasteiger partial charge on any atom is 0.170 e. The predicted octanol–water partition coefficient (Wildman–Crippen LogP) is 3.67. The van der Waals surface area contributed by atoms with Crippen LogP contribution >= 0.6 is 11.6 Å². The predicted molar refractivity (Wildman–Crippen MR) is 62.9 cm³/mol. The van der Waals surface area contributed by atoms with E-state index < -0.39 is 0 Å². The summed E-state index contributed by atoms with van der Waals surface area (Å²) >= 11 is 6.06. The minimum absolute atomic E-state index is 0.0134. The van der Waals surface area contributed by atoms with Crippen molar-refractivity contribution in [2.24, 2.45) is 0 Å². The standard InChI is InChI=1S/C13H11ClO2/c1-9-2-3-10(12(14)6-9)7-13(15)11-4-5-16-8-11/h2-6,8H,7H2,1H3. The van der Waals surface area contributed by atoms with Crippen molar-refractivity contribution >= 4 is 17.4 Å². The molecule has 3 heteroatoms. The zero-order chi connectivity index (χ0) is 11.5. The Kier molecular flexibility index (Phi) is 3.11. The van der Waals surface area contributed by atoms with Gasteiger partial charge in [0.15, 0.2) is 5.78 Å². The molecular weight excluding hydrogens is 224 g/mol.